The summed E-state index contributed by atoms with van der Waals surface area (Å²) in [5, 5.41) is 22.5. The van der Waals surface area contributed by atoms with Crippen LogP contribution in [-0.4, -0.2) is 50.7 Å². The van der Waals surface area contributed by atoms with Crippen LogP contribution in [0.5, 0.6) is 5.75 Å². The van der Waals surface area contributed by atoms with Gasteiger partial charge in [-0.15, -0.1) is 10.2 Å². The largest absolute Gasteiger partial charge is 0.497 e. The molecule has 11 heteroatoms. The van der Waals surface area contributed by atoms with Crippen LogP contribution in [0.15, 0.2) is 53.7 Å². The summed E-state index contributed by atoms with van der Waals surface area (Å²) >= 11 is 1.30. The topological polar surface area (TPSA) is 121 Å². The van der Waals surface area contributed by atoms with Gasteiger partial charge in [0.15, 0.2) is 11.0 Å². The number of benzene rings is 2. The Balaban J connectivity index is 1.51. The molecule has 3 aromatic rings. The molecule has 1 aliphatic rings. The molecule has 1 aromatic heterocycles. The van der Waals surface area contributed by atoms with Gasteiger partial charge in [0, 0.05) is 30.0 Å². The first-order chi connectivity index (χ1) is 16.4. The van der Waals surface area contributed by atoms with Crippen LogP contribution in [0.25, 0.3) is 11.4 Å². The van der Waals surface area contributed by atoms with E-state index in [1.54, 1.807) is 14.0 Å². The molecule has 1 fully saturated rings. The second-order valence-electron chi connectivity index (χ2n) is 7.83. The van der Waals surface area contributed by atoms with Crippen molar-refractivity contribution in [1.82, 2.24) is 14.8 Å². The molecule has 1 N–H and O–H groups in total. The third-order valence-electron chi connectivity index (χ3n) is 5.47. The van der Waals surface area contributed by atoms with E-state index in [1.807, 2.05) is 28.8 Å². The van der Waals surface area contributed by atoms with Crippen LogP contribution in [0.2, 0.25) is 0 Å². The van der Waals surface area contributed by atoms with Crippen molar-refractivity contribution >= 4 is 29.0 Å². The highest BCUT2D eigenvalue weighted by Crippen LogP contribution is 2.30. The molecular formula is C23H25N5O5S. The van der Waals surface area contributed by atoms with Gasteiger partial charge < -0.3 is 14.8 Å². The van der Waals surface area contributed by atoms with E-state index >= 15 is 0 Å². The van der Waals surface area contributed by atoms with E-state index in [0.29, 0.717) is 23.2 Å². The minimum absolute atomic E-state index is 0.0336. The Labute approximate surface area is 200 Å². The van der Waals surface area contributed by atoms with Gasteiger partial charge in [-0.2, -0.15) is 0 Å². The maximum atomic E-state index is 12.8. The standard InChI is InChI=1S/C23H25N5O5S/c1-15(22(29)24-17-7-9-18(10-8-17)28(30)31)34-23-26-25-21(16-5-11-19(32-2)12-6-16)27(23)14-20-4-3-13-33-20/h5-12,15,20H,3-4,13-14H2,1-2H3,(H,24,29). The number of hydrogen-bond acceptors (Lipinski definition) is 8. The number of rotatable bonds is 9. The van der Waals surface area contributed by atoms with Crippen molar-refractivity contribution in [2.45, 2.75) is 42.8 Å². The maximum absolute atomic E-state index is 12.8. The monoisotopic (exact) mass is 483 g/mol. The predicted molar refractivity (Wildman–Crippen MR) is 128 cm³/mol. The lowest BCUT2D eigenvalue weighted by atomic mass is 10.2. The van der Waals surface area contributed by atoms with Gasteiger partial charge in [-0.05, 0) is 56.2 Å². The molecule has 10 nitrogen and oxygen atoms in total. The molecule has 2 atom stereocenters. The number of carbonyl (C=O) groups excluding carboxylic acids is 1. The van der Waals surface area contributed by atoms with Crippen molar-refractivity contribution in [3.05, 3.63) is 58.6 Å². The fourth-order valence-electron chi connectivity index (χ4n) is 3.61. The highest BCUT2D eigenvalue weighted by molar-refractivity contribution is 8.00. The summed E-state index contributed by atoms with van der Waals surface area (Å²) < 4.78 is 13.1. The number of anilines is 1. The summed E-state index contributed by atoms with van der Waals surface area (Å²) in [6, 6.07) is 13.3. The summed E-state index contributed by atoms with van der Waals surface area (Å²) in [5.74, 6) is 1.21. The van der Waals surface area contributed by atoms with Gasteiger partial charge in [-0.3, -0.25) is 19.5 Å². The second kappa shape index (κ2) is 10.7. The molecule has 0 bridgehead atoms. The van der Waals surface area contributed by atoms with E-state index < -0.39 is 10.2 Å². The van der Waals surface area contributed by atoms with Gasteiger partial charge in [0.2, 0.25) is 5.91 Å². The number of hydrogen-bond donors (Lipinski definition) is 1. The smallest absolute Gasteiger partial charge is 0.269 e. The van der Waals surface area contributed by atoms with Crippen molar-refractivity contribution in [3.8, 4) is 17.1 Å². The molecule has 1 saturated heterocycles. The zero-order valence-corrected chi connectivity index (χ0v) is 19.7. The molecule has 178 valence electrons. The highest BCUT2D eigenvalue weighted by Gasteiger charge is 2.25. The van der Waals surface area contributed by atoms with Crippen LogP contribution in [0.4, 0.5) is 11.4 Å². The van der Waals surface area contributed by atoms with E-state index in [4.69, 9.17) is 9.47 Å². The Kier molecular flexibility index (Phi) is 7.43. The number of nitrogens with one attached hydrogen (secondary N) is 1. The summed E-state index contributed by atoms with van der Waals surface area (Å²) in [6.45, 7) is 3.11. The van der Waals surface area contributed by atoms with Crippen molar-refractivity contribution in [2.75, 3.05) is 19.0 Å². The first-order valence-corrected chi connectivity index (χ1v) is 11.7. The summed E-state index contributed by atoms with van der Waals surface area (Å²) in [7, 11) is 1.62. The Hall–Kier alpha value is -3.44. The van der Waals surface area contributed by atoms with Crippen LogP contribution in [0.3, 0.4) is 0 Å². The molecule has 0 aliphatic carbocycles. The van der Waals surface area contributed by atoms with Gasteiger partial charge >= 0.3 is 0 Å². The second-order valence-corrected chi connectivity index (χ2v) is 9.14. The van der Waals surface area contributed by atoms with E-state index in [0.717, 1.165) is 30.8 Å². The third-order valence-corrected chi connectivity index (χ3v) is 6.55. The zero-order chi connectivity index (χ0) is 24.1. The predicted octanol–water partition coefficient (Wildman–Crippen LogP) is 4.16. The maximum Gasteiger partial charge on any atom is 0.269 e. The third kappa shape index (κ3) is 5.54. The van der Waals surface area contributed by atoms with Gasteiger partial charge in [-0.1, -0.05) is 11.8 Å². The van der Waals surface area contributed by atoms with Crippen LogP contribution in [0, 0.1) is 10.1 Å². The average Bonchev–Trinajstić information content (AvgIpc) is 3.50. The zero-order valence-electron chi connectivity index (χ0n) is 18.8. The van der Waals surface area contributed by atoms with Crippen molar-refractivity contribution < 1.29 is 19.2 Å². The van der Waals surface area contributed by atoms with Gasteiger partial charge in [0.05, 0.1) is 29.9 Å². The molecule has 0 spiro atoms. The molecule has 0 radical (unpaired) electrons. The fraction of sp³-hybridized carbons (Fsp3) is 0.348. The minimum Gasteiger partial charge on any atom is -0.497 e. The number of nitro groups is 1. The van der Waals surface area contributed by atoms with Gasteiger partial charge in [0.25, 0.3) is 5.69 Å². The molecule has 34 heavy (non-hydrogen) atoms. The van der Waals surface area contributed by atoms with Crippen molar-refractivity contribution in [1.29, 1.82) is 0 Å². The highest BCUT2D eigenvalue weighted by atomic mass is 32.2. The molecule has 2 unspecified atom stereocenters. The summed E-state index contributed by atoms with van der Waals surface area (Å²) in [6.07, 6.45) is 2.04. The van der Waals surface area contributed by atoms with E-state index in [-0.39, 0.29) is 17.7 Å². The first-order valence-electron chi connectivity index (χ1n) is 10.9. The van der Waals surface area contributed by atoms with Crippen LogP contribution < -0.4 is 10.1 Å². The Morgan fingerprint density at radius 2 is 2.00 bits per heavy atom. The molecule has 1 amide bonds. The van der Waals surface area contributed by atoms with Crippen LogP contribution >= 0.6 is 11.8 Å². The molecule has 2 heterocycles. The van der Waals surface area contributed by atoms with Gasteiger partial charge in [0.1, 0.15) is 5.75 Å². The first kappa shape index (κ1) is 23.7. The number of nitrogens with zero attached hydrogens (tertiary/aromatic N) is 4. The molecule has 1 aliphatic heterocycles. The Bertz CT molecular complexity index is 1140. The van der Waals surface area contributed by atoms with E-state index in [9.17, 15) is 14.9 Å². The van der Waals surface area contributed by atoms with Crippen molar-refractivity contribution in [2.24, 2.45) is 0 Å². The molecule has 2 aromatic carbocycles. The number of methoxy groups -OCH3 is 1. The minimum atomic E-state index is -0.481. The quantitative estimate of drug-likeness (QED) is 0.274. The number of carbonyl (C=O) groups is 1. The number of nitro benzene ring substituents is 1. The number of ether oxygens (including phenoxy) is 2. The Morgan fingerprint density at radius 1 is 1.26 bits per heavy atom. The SMILES string of the molecule is COc1ccc(-c2nnc(SC(C)C(=O)Nc3ccc([N+](=O)[O-])cc3)n2CC2CCCO2)cc1. The summed E-state index contributed by atoms with van der Waals surface area (Å²) in [4.78, 5) is 23.1. The number of non-ortho nitro benzene ring substituents is 1. The molecular weight excluding hydrogens is 458 g/mol. The molecule has 0 saturated carbocycles. The fourth-order valence-corrected chi connectivity index (χ4v) is 4.47. The average molecular weight is 484 g/mol. The lowest BCUT2D eigenvalue weighted by Crippen LogP contribution is -2.23. The summed E-state index contributed by atoms with van der Waals surface area (Å²) in [5.41, 5.74) is 1.35. The lowest BCUT2D eigenvalue weighted by Gasteiger charge is -2.16. The molecule has 4 rings (SSSR count). The number of amides is 1. The van der Waals surface area contributed by atoms with Crippen LogP contribution in [0.1, 0.15) is 19.8 Å². The van der Waals surface area contributed by atoms with E-state index in [2.05, 4.69) is 15.5 Å². The van der Waals surface area contributed by atoms with Crippen LogP contribution in [-0.2, 0) is 16.1 Å². The van der Waals surface area contributed by atoms with Crippen molar-refractivity contribution in [3.63, 3.8) is 0 Å². The van der Waals surface area contributed by atoms with Gasteiger partial charge in [-0.25, -0.2) is 0 Å². The number of thioether (sulfide) groups is 1. The normalized spacial score (nSPS) is 16.2. The van der Waals surface area contributed by atoms with E-state index in [1.165, 1.54) is 36.0 Å². The Morgan fingerprint density at radius 3 is 2.62 bits per heavy atom. The number of aromatic nitrogens is 3. The lowest BCUT2D eigenvalue weighted by molar-refractivity contribution is -0.384.